The number of halogens is 1. The molecule has 0 bridgehead atoms. The highest BCUT2D eigenvalue weighted by Crippen LogP contribution is 2.50. The van der Waals surface area contributed by atoms with Gasteiger partial charge in [-0.1, -0.05) is 54.0 Å². The van der Waals surface area contributed by atoms with Gasteiger partial charge in [0.2, 0.25) is 5.91 Å². The minimum absolute atomic E-state index is 0.0117. The number of carbonyl (C=O) groups is 1. The summed E-state index contributed by atoms with van der Waals surface area (Å²) in [6, 6.07) is 10.1. The molecule has 1 amide bonds. The van der Waals surface area contributed by atoms with Gasteiger partial charge in [-0.25, -0.2) is 14.4 Å². The average molecular weight is 660 g/mol. The minimum atomic E-state index is -0.420. The van der Waals surface area contributed by atoms with E-state index in [0.29, 0.717) is 46.9 Å². The number of anilines is 3. The summed E-state index contributed by atoms with van der Waals surface area (Å²) in [6.45, 7) is 18.1. The van der Waals surface area contributed by atoms with Gasteiger partial charge in [-0.2, -0.15) is 5.10 Å². The number of nitrogens with zero attached hydrogens (tertiary/aromatic N) is 5. The Kier molecular flexibility index (Phi) is 10.3. The SMILES string of the molecule is COc1cc2c(Nc3cnn(CC(=O)Nc4cccc(F)c4)c3)ncnc2cc1OCCCN(C1CCC1)C(C)(C(C)(C)C)C(C)(C)C. The van der Waals surface area contributed by atoms with Gasteiger partial charge >= 0.3 is 0 Å². The molecule has 1 fully saturated rings. The van der Waals surface area contributed by atoms with Crippen molar-refractivity contribution in [1.29, 1.82) is 0 Å². The summed E-state index contributed by atoms with van der Waals surface area (Å²) >= 11 is 0. The van der Waals surface area contributed by atoms with Crippen LogP contribution in [0.2, 0.25) is 0 Å². The van der Waals surface area contributed by atoms with E-state index in [-0.39, 0.29) is 28.8 Å². The Morgan fingerprint density at radius 2 is 1.77 bits per heavy atom. The van der Waals surface area contributed by atoms with Crippen molar-refractivity contribution in [3.63, 3.8) is 0 Å². The molecule has 0 atom stereocenters. The summed E-state index contributed by atoms with van der Waals surface area (Å²) in [7, 11) is 1.63. The molecule has 10 nitrogen and oxygen atoms in total. The number of nitrogens with one attached hydrogen (secondary N) is 2. The van der Waals surface area contributed by atoms with Crippen LogP contribution in [0.3, 0.4) is 0 Å². The Labute approximate surface area is 283 Å². The van der Waals surface area contributed by atoms with E-state index in [4.69, 9.17) is 9.47 Å². The van der Waals surface area contributed by atoms with Crippen molar-refractivity contribution in [2.45, 2.75) is 92.3 Å². The fourth-order valence-corrected chi connectivity index (χ4v) is 6.87. The van der Waals surface area contributed by atoms with Crippen molar-refractivity contribution in [1.82, 2.24) is 24.6 Å². The highest BCUT2D eigenvalue weighted by atomic mass is 19.1. The van der Waals surface area contributed by atoms with Crippen LogP contribution in [0.5, 0.6) is 11.5 Å². The van der Waals surface area contributed by atoms with E-state index >= 15 is 0 Å². The molecule has 1 saturated carbocycles. The van der Waals surface area contributed by atoms with Gasteiger partial charge in [0.1, 0.15) is 24.5 Å². The lowest BCUT2D eigenvalue weighted by Gasteiger charge is -2.61. The molecule has 0 radical (unpaired) electrons. The van der Waals surface area contributed by atoms with Crippen molar-refractivity contribution in [3.05, 3.63) is 60.9 Å². The molecule has 2 N–H and O–H groups in total. The molecule has 2 heterocycles. The number of amides is 1. The zero-order valence-corrected chi connectivity index (χ0v) is 29.6. The third kappa shape index (κ3) is 7.56. The van der Waals surface area contributed by atoms with E-state index < -0.39 is 5.82 Å². The number of carbonyl (C=O) groups excluding carboxylic acids is 1. The van der Waals surface area contributed by atoms with E-state index in [0.717, 1.165) is 18.4 Å². The Morgan fingerprint density at radius 1 is 1.02 bits per heavy atom. The van der Waals surface area contributed by atoms with Gasteiger partial charge in [-0.05, 0) is 61.3 Å². The molecule has 1 aliphatic rings. The third-order valence-electron chi connectivity index (χ3n) is 10.0. The first kappa shape index (κ1) is 35.1. The van der Waals surface area contributed by atoms with Crippen LogP contribution in [0.25, 0.3) is 10.9 Å². The first-order valence-corrected chi connectivity index (χ1v) is 16.8. The Bertz CT molecular complexity index is 1710. The summed E-state index contributed by atoms with van der Waals surface area (Å²) in [6.07, 6.45) is 9.50. The second-order valence-electron chi connectivity index (χ2n) is 14.9. The Hall–Kier alpha value is -4.25. The number of ether oxygens (including phenoxy) is 2. The van der Waals surface area contributed by atoms with E-state index in [1.807, 2.05) is 12.1 Å². The van der Waals surface area contributed by atoms with Crippen molar-refractivity contribution in [2.24, 2.45) is 10.8 Å². The largest absolute Gasteiger partial charge is 0.493 e. The summed E-state index contributed by atoms with van der Waals surface area (Å²) in [5, 5.41) is 11.0. The van der Waals surface area contributed by atoms with Gasteiger partial charge in [0.25, 0.3) is 0 Å². The molecule has 0 unspecified atom stereocenters. The van der Waals surface area contributed by atoms with Crippen LogP contribution in [0.15, 0.2) is 55.1 Å². The van der Waals surface area contributed by atoms with Crippen LogP contribution in [-0.2, 0) is 11.3 Å². The predicted molar refractivity (Wildman–Crippen MR) is 188 cm³/mol. The fraction of sp³-hybridized carbons (Fsp3) is 0.514. The molecular weight excluding hydrogens is 609 g/mol. The van der Waals surface area contributed by atoms with Gasteiger partial charge in [0, 0.05) is 41.5 Å². The number of aromatic nitrogens is 4. The lowest BCUT2D eigenvalue weighted by atomic mass is 9.59. The maximum atomic E-state index is 13.5. The molecule has 258 valence electrons. The van der Waals surface area contributed by atoms with E-state index in [1.165, 1.54) is 48.5 Å². The average Bonchev–Trinajstić information content (AvgIpc) is 3.42. The number of fused-ring (bicyclic) bond motifs is 1. The summed E-state index contributed by atoms with van der Waals surface area (Å²) in [5.41, 5.74) is 1.95. The minimum Gasteiger partial charge on any atom is -0.493 e. The number of hydrogen-bond acceptors (Lipinski definition) is 8. The lowest BCUT2D eigenvalue weighted by molar-refractivity contribution is -0.116. The topological polar surface area (TPSA) is 106 Å². The first-order chi connectivity index (χ1) is 22.7. The molecule has 5 rings (SSSR count). The molecule has 0 aliphatic heterocycles. The monoisotopic (exact) mass is 659 g/mol. The van der Waals surface area contributed by atoms with Gasteiger partial charge in [0.15, 0.2) is 11.5 Å². The van der Waals surface area contributed by atoms with E-state index in [1.54, 1.807) is 25.6 Å². The quantitative estimate of drug-likeness (QED) is 0.140. The predicted octanol–water partition coefficient (Wildman–Crippen LogP) is 7.83. The van der Waals surface area contributed by atoms with Crippen molar-refractivity contribution < 1.29 is 18.7 Å². The highest BCUT2D eigenvalue weighted by Gasteiger charge is 2.52. The molecule has 0 spiro atoms. The number of hydrogen-bond donors (Lipinski definition) is 2. The third-order valence-corrected chi connectivity index (χ3v) is 10.0. The standard InChI is InChI=1S/C37H50FN7O3/c1-35(2,3)37(7,36(4,5)6)45(28-14-10-15-28)16-11-17-48-32-20-30-29(19-31(32)47-8)34(40-24-39-30)43-27-21-41-44(22-27)23-33(46)42-26-13-9-12-25(38)18-26/h9,12-13,18-22,24,28H,10-11,14-17,23H2,1-8H3,(H,42,46)(H,39,40,43). The summed E-state index contributed by atoms with van der Waals surface area (Å²) in [5.74, 6) is 1.05. The number of methoxy groups -OCH3 is 1. The highest BCUT2D eigenvalue weighted by molar-refractivity contribution is 5.93. The van der Waals surface area contributed by atoms with Crippen LogP contribution >= 0.6 is 0 Å². The Morgan fingerprint density at radius 3 is 2.42 bits per heavy atom. The molecule has 1 aliphatic carbocycles. The maximum Gasteiger partial charge on any atom is 0.246 e. The van der Waals surface area contributed by atoms with Gasteiger partial charge in [-0.15, -0.1) is 0 Å². The Balaban J connectivity index is 1.25. The second kappa shape index (κ2) is 14.1. The van der Waals surface area contributed by atoms with Crippen molar-refractivity contribution >= 4 is 34.0 Å². The van der Waals surface area contributed by atoms with Gasteiger partial charge < -0.3 is 20.1 Å². The van der Waals surface area contributed by atoms with Crippen molar-refractivity contribution in [2.75, 3.05) is 30.9 Å². The fourth-order valence-electron chi connectivity index (χ4n) is 6.87. The smallest absolute Gasteiger partial charge is 0.246 e. The van der Waals surface area contributed by atoms with Crippen LogP contribution < -0.4 is 20.1 Å². The summed E-state index contributed by atoms with van der Waals surface area (Å²) < 4.78 is 27.0. The lowest BCUT2D eigenvalue weighted by Crippen LogP contribution is -2.66. The number of rotatable bonds is 13. The molecule has 2 aromatic carbocycles. The van der Waals surface area contributed by atoms with Crippen LogP contribution in [0.4, 0.5) is 21.6 Å². The molecular formula is C37H50FN7O3. The maximum absolute atomic E-state index is 13.5. The molecule has 4 aromatic rings. The number of benzene rings is 2. The molecule has 0 saturated heterocycles. The zero-order chi connectivity index (χ0) is 34.7. The van der Waals surface area contributed by atoms with Crippen LogP contribution in [-0.4, -0.2) is 62.4 Å². The zero-order valence-electron chi connectivity index (χ0n) is 29.6. The first-order valence-electron chi connectivity index (χ1n) is 16.8. The van der Waals surface area contributed by atoms with E-state index in [2.05, 4.69) is 79.1 Å². The van der Waals surface area contributed by atoms with Gasteiger partial charge in [0.05, 0.1) is 31.1 Å². The van der Waals surface area contributed by atoms with Gasteiger partial charge in [-0.3, -0.25) is 14.4 Å². The summed E-state index contributed by atoms with van der Waals surface area (Å²) in [4.78, 5) is 24.2. The normalized spacial score (nSPS) is 14.2. The van der Waals surface area contributed by atoms with Crippen molar-refractivity contribution in [3.8, 4) is 11.5 Å². The molecule has 11 heteroatoms. The second-order valence-corrected chi connectivity index (χ2v) is 14.9. The molecule has 2 aromatic heterocycles. The molecule has 48 heavy (non-hydrogen) atoms. The van der Waals surface area contributed by atoms with Crippen LogP contribution in [0.1, 0.15) is 74.1 Å². The van der Waals surface area contributed by atoms with Crippen LogP contribution in [0, 0.1) is 16.6 Å². The van der Waals surface area contributed by atoms with E-state index in [9.17, 15) is 9.18 Å².